The molecule has 6 heteroatoms. The van der Waals surface area contributed by atoms with E-state index in [-0.39, 0.29) is 24.1 Å². The van der Waals surface area contributed by atoms with Gasteiger partial charge in [0, 0.05) is 5.41 Å². The number of ether oxygens (including phenoxy) is 3. The fourth-order valence-corrected chi connectivity index (χ4v) is 1.12. The summed E-state index contributed by atoms with van der Waals surface area (Å²) in [5.41, 5.74) is 16.4. The van der Waals surface area contributed by atoms with Gasteiger partial charge in [0.15, 0.2) is 0 Å². The maximum atomic E-state index is 5.56. The molecule has 17 heavy (non-hydrogen) atoms. The average Bonchev–Trinajstić information content (AvgIpc) is 2.21. The van der Waals surface area contributed by atoms with Crippen molar-refractivity contribution in [2.24, 2.45) is 22.6 Å². The van der Waals surface area contributed by atoms with E-state index >= 15 is 0 Å². The van der Waals surface area contributed by atoms with Gasteiger partial charge in [0.25, 0.3) is 0 Å². The predicted molar refractivity (Wildman–Crippen MR) is 66.9 cm³/mol. The van der Waals surface area contributed by atoms with Gasteiger partial charge in [-0.25, -0.2) is 0 Å². The first-order chi connectivity index (χ1) is 7.75. The van der Waals surface area contributed by atoms with Gasteiger partial charge in [-0.2, -0.15) is 0 Å². The Balaban J connectivity index is 4.23. The summed E-state index contributed by atoms with van der Waals surface area (Å²) in [4.78, 5) is 0. The number of hydrogen-bond acceptors (Lipinski definition) is 6. The highest BCUT2D eigenvalue weighted by Crippen LogP contribution is 2.19. The van der Waals surface area contributed by atoms with Gasteiger partial charge in [-0.15, -0.1) is 0 Å². The van der Waals surface area contributed by atoms with E-state index in [1.54, 1.807) is 20.8 Å². The Kier molecular flexibility index (Phi) is 7.85. The standard InChI is InChI=1S/C11H27N3O3/c1-8(12)15-5-11(4,6-16-9(2)13)7-17-10(3)14/h8-10H,5-7,12-14H2,1-4H3. The third-order valence-electron chi connectivity index (χ3n) is 2.08. The molecule has 0 radical (unpaired) electrons. The van der Waals surface area contributed by atoms with E-state index in [1.165, 1.54) is 0 Å². The highest BCUT2D eigenvalue weighted by Gasteiger charge is 2.27. The average molecular weight is 249 g/mol. The second-order valence-electron chi connectivity index (χ2n) is 4.86. The van der Waals surface area contributed by atoms with Crippen molar-refractivity contribution in [1.29, 1.82) is 0 Å². The van der Waals surface area contributed by atoms with Gasteiger partial charge in [0.05, 0.1) is 19.8 Å². The molecule has 0 aromatic rings. The molecule has 0 bridgehead atoms. The van der Waals surface area contributed by atoms with E-state index in [1.807, 2.05) is 6.92 Å². The van der Waals surface area contributed by atoms with Crippen molar-refractivity contribution < 1.29 is 14.2 Å². The minimum absolute atomic E-state index is 0.311. The largest absolute Gasteiger partial charge is 0.363 e. The van der Waals surface area contributed by atoms with Crippen molar-refractivity contribution in [1.82, 2.24) is 0 Å². The van der Waals surface area contributed by atoms with Crippen molar-refractivity contribution in [3.8, 4) is 0 Å². The Morgan fingerprint density at radius 1 is 0.765 bits per heavy atom. The highest BCUT2D eigenvalue weighted by molar-refractivity contribution is 4.74. The minimum Gasteiger partial charge on any atom is -0.363 e. The quantitative estimate of drug-likeness (QED) is 0.495. The van der Waals surface area contributed by atoms with E-state index in [4.69, 9.17) is 31.4 Å². The molecular formula is C11H27N3O3. The van der Waals surface area contributed by atoms with Gasteiger partial charge >= 0.3 is 0 Å². The Labute approximate surface area is 104 Å². The number of rotatable bonds is 9. The number of nitrogens with two attached hydrogens (primary N) is 3. The second-order valence-corrected chi connectivity index (χ2v) is 4.86. The van der Waals surface area contributed by atoms with E-state index < -0.39 is 0 Å². The normalized spacial score (nSPS) is 20.6. The summed E-state index contributed by atoms with van der Waals surface area (Å²) >= 11 is 0. The zero-order chi connectivity index (χ0) is 13.5. The summed E-state index contributed by atoms with van der Waals surface area (Å²) in [6.07, 6.45) is -0.959. The molecule has 0 amide bonds. The smallest absolute Gasteiger partial charge is 0.102 e. The Hall–Kier alpha value is -0.240. The summed E-state index contributed by atoms with van der Waals surface area (Å²) in [7, 11) is 0. The lowest BCUT2D eigenvalue weighted by atomic mass is 9.94. The molecule has 0 heterocycles. The van der Waals surface area contributed by atoms with Crippen LogP contribution in [0.1, 0.15) is 27.7 Å². The van der Waals surface area contributed by atoms with E-state index in [0.717, 1.165) is 0 Å². The highest BCUT2D eigenvalue weighted by atomic mass is 16.5. The molecule has 0 aromatic heterocycles. The van der Waals surface area contributed by atoms with Crippen LogP contribution in [0.3, 0.4) is 0 Å². The summed E-state index contributed by atoms with van der Waals surface area (Å²) < 4.78 is 16.2. The zero-order valence-corrected chi connectivity index (χ0v) is 11.3. The topological polar surface area (TPSA) is 106 Å². The lowest BCUT2D eigenvalue weighted by Crippen LogP contribution is -2.40. The van der Waals surface area contributed by atoms with Crippen LogP contribution < -0.4 is 17.2 Å². The lowest BCUT2D eigenvalue weighted by Gasteiger charge is -2.31. The molecule has 3 unspecified atom stereocenters. The fourth-order valence-electron chi connectivity index (χ4n) is 1.12. The second kappa shape index (κ2) is 7.97. The van der Waals surface area contributed by atoms with E-state index in [2.05, 4.69) is 0 Å². The third-order valence-corrected chi connectivity index (χ3v) is 2.08. The van der Waals surface area contributed by atoms with Crippen molar-refractivity contribution in [3.05, 3.63) is 0 Å². The van der Waals surface area contributed by atoms with Crippen LogP contribution in [0.4, 0.5) is 0 Å². The molecule has 0 spiro atoms. The van der Waals surface area contributed by atoms with Gasteiger partial charge in [0.1, 0.15) is 18.7 Å². The minimum atomic E-state index is -0.320. The molecule has 104 valence electrons. The van der Waals surface area contributed by atoms with Gasteiger partial charge in [-0.3, -0.25) is 0 Å². The Morgan fingerprint density at radius 2 is 1.00 bits per heavy atom. The zero-order valence-electron chi connectivity index (χ0n) is 11.3. The van der Waals surface area contributed by atoms with Crippen LogP contribution in [-0.2, 0) is 14.2 Å². The van der Waals surface area contributed by atoms with Crippen LogP contribution in [-0.4, -0.2) is 38.5 Å². The molecule has 0 saturated heterocycles. The molecule has 0 aliphatic heterocycles. The van der Waals surface area contributed by atoms with E-state index in [0.29, 0.717) is 19.8 Å². The molecular weight excluding hydrogens is 222 g/mol. The summed E-state index contributed by atoms with van der Waals surface area (Å²) in [6, 6.07) is 0. The van der Waals surface area contributed by atoms with Crippen molar-refractivity contribution in [2.75, 3.05) is 19.8 Å². The van der Waals surface area contributed by atoms with Gasteiger partial charge < -0.3 is 31.4 Å². The van der Waals surface area contributed by atoms with E-state index in [9.17, 15) is 0 Å². The summed E-state index contributed by atoms with van der Waals surface area (Å²) in [5.74, 6) is 0. The molecule has 3 atom stereocenters. The summed E-state index contributed by atoms with van der Waals surface area (Å²) in [6.45, 7) is 8.62. The molecule has 0 fully saturated rings. The Bertz CT molecular complexity index is 167. The van der Waals surface area contributed by atoms with Crippen LogP contribution in [0.15, 0.2) is 0 Å². The first kappa shape index (κ1) is 16.8. The third kappa shape index (κ3) is 9.46. The first-order valence-electron chi connectivity index (χ1n) is 5.87. The van der Waals surface area contributed by atoms with Crippen molar-refractivity contribution >= 4 is 0 Å². The van der Waals surface area contributed by atoms with Crippen LogP contribution >= 0.6 is 0 Å². The van der Waals surface area contributed by atoms with Gasteiger partial charge in [-0.1, -0.05) is 6.92 Å². The van der Waals surface area contributed by atoms with Crippen molar-refractivity contribution in [2.45, 2.75) is 46.4 Å². The maximum absolute atomic E-state index is 5.56. The molecule has 0 rings (SSSR count). The molecule has 6 nitrogen and oxygen atoms in total. The van der Waals surface area contributed by atoms with Gasteiger partial charge in [0.2, 0.25) is 0 Å². The lowest BCUT2D eigenvalue weighted by molar-refractivity contribution is -0.0967. The molecule has 0 aliphatic carbocycles. The molecule has 0 saturated carbocycles. The van der Waals surface area contributed by atoms with Crippen molar-refractivity contribution in [3.63, 3.8) is 0 Å². The van der Waals surface area contributed by atoms with Crippen LogP contribution in [0, 0.1) is 5.41 Å². The molecule has 6 N–H and O–H groups in total. The summed E-state index contributed by atoms with van der Waals surface area (Å²) in [5, 5.41) is 0. The maximum Gasteiger partial charge on any atom is 0.102 e. The monoisotopic (exact) mass is 249 g/mol. The predicted octanol–water partition coefficient (Wildman–Crippen LogP) is -0.0434. The SMILES string of the molecule is CC(N)OCC(C)(COC(C)N)COC(C)N. The molecule has 0 aromatic carbocycles. The first-order valence-corrected chi connectivity index (χ1v) is 5.87. The van der Waals surface area contributed by atoms with Gasteiger partial charge in [-0.05, 0) is 20.8 Å². The Morgan fingerprint density at radius 3 is 1.18 bits per heavy atom. The van der Waals surface area contributed by atoms with Crippen LogP contribution in [0.2, 0.25) is 0 Å². The van der Waals surface area contributed by atoms with Crippen LogP contribution in [0.5, 0.6) is 0 Å². The fraction of sp³-hybridized carbons (Fsp3) is 1.00. The molecule has 0 aliphatic rings. The van der Waals surface area contributed by atoms with Crippen LogP contribution in [0.25, 0.3) is 0 Å². The number of hydrogen-bond donors (Lipinski definition) is 3.